The molecule has 0 spiro atoms. The van der Waals surface area contributed by atoms with Gasteiger partial charge in [0.25, 0.3) is 0 Å². The Morgan fingerprint density at radius 3 is 2.81 bits per heavy atom. The smallest absolute Gasteiger partial charge is 0.123 e. The van der Waals surface area contributed by atoms with Crippen molar-refractivity contribution in [1.29, 1.82) is 0 Å². The molecule has 1 aliphatic rings. The zero-order valence-electron chi connectivity index (χ0n) is 12.3. The first-order chi connectivity index (χ1) is 10.1. The molecule has 110 valence electrons. The number of hydrogen-bond acceptors (Lipinski definition) is 0. The molecule has 0 bridgehead atoms. The average Bonchev–Trinajstić information content (AvgIpc) is 2.63. The Hall–Kier alpha value is -1.34. The molecular formula is C19H20ClF. The van der Waals surface area contributed by atoms with E-state index in [4.69, 9.17) is 11.6 Å². The second-order valence-electron chi connectivity index (χ2n) is 6.03. The quantitative estimate of drug-likeness (QED) is 0.499. The van der Waals surface area contributed by atoms with Crippen molar-refractivity contribution >= 4 is 11.6 Å². The van der Waals surface area contributed by atoms with Gasteiger partial charge in [-0.25, -0.2) is 4.39 Å². The van der Waals surface area contributed by atoms with E-state index in [2.05, 4.69) is 24.3 Å². The van der Waals surface area contributed by atoms with Gasteiger partial charge in [-0.2, -0.15) is 0 Å². The number of fused-ring (bicyclic) bond motifs is 1. The van der Waals surface area contributed by atoms with Gasteiger partial charge in [-0.1, -0.05) is 30.3 Å². The minimum Gasteiger partial charge on any atom is -0.207 e. The van der Waals surface area contributed by atoms with E-state index < -0.39 is 0 Å². The van der Waals surface area contributed by atoms with E-state index in [0.717, 1.165) is 24.8 Å². The number of aryl methyl sites for hydroxylation is 2. The number of hydrogen-bond donors (Lipinski definition) is 0. The molecule has 2 aromatic rings. The second kappa shape index (κ2) is 6.19. The Morgan fingerprint density at radius 1 is 1.19 bits per heavy atom. The van der Waals surface area contributed by atoms with Gasteiger partial charge in [0.2, 0.25) is 0 Å². The molecule has 0 heterocycles. The van der Waals surface area contributed by atoms with Crippen LogP contribution in [-0.2, 0) is 12.8 Å². The summed E-state index contributed by atoms with van der Waals surface area (Å²) in [4.78, 5) is 0. The number of alkyl halides is 1. The Morgan fingerprint density at radius 2 is 2.00 bits per heavy atom. The summed E-state index contributed by atoms with van der Waals surface area (Å²) < 4.78 is 13.2. The lowest BCUT2D eigenvalue weighted by molar-refractivity contribution is 0.464. The van der Waals surface area contributed by atoms with Gasteiger partial charge in [0.05, 0.1) is 5.38 Å². The van der Waals surface area contributed by atoms with Gasteiger partial charge in [0, 0.05) is 0 Å². The molecule has 2 atom stereocenters. The van der Waals surface area contributed by atoms with Crippen LogP contribution in [0, 0.1) is 18.7 Å². The van der Waals surface area contributed by atoms with Crippen LogP contribution in [0.1, 0.15) is 40.5 Å². The summed E-state index contributed by atoms with van der Waals surface area (Å²) in [5.41, 5.74) is 4.90. The molecular weight excluding hydrogens is 283 g/mol. The molecule has 0 aliphatic heterocycles. The summed E-state index contributed by atoms with van der Waals surface area (Å²) in [6.07, 6.45) is 4.33. The Bertz CT molecular complexity index is 635. The summed E-state index contributed by atoms with van der Waals surface area (Å²) >= 11 is 6.78. The summed E-state index contributed by atoms with van der Waals surface area (Å²) in [6.45, 7) is 1.98. The standard InChI is InChI=1S/C19H20ClF/c1-13-11-17(21)10-9-15(13)12-16-7-4-6-14-5-2-3-8-18(14)19(16)20/h2-3,5,8-11,16,19H,4,6-7,12H2,1H3. The van der Waals surface area contributed by atoms with Gasteiger partial charge in [-0.3, -0.25) is 0 Å². The number of benzene rings is 2. The lowest BCUT2D eigenvalue weighted by atomic mass is 9.88. The predicted octanol–water partition coefficient (Wildman–Crippen LogP) is 5.61. The second-order valence-corrected chi connectivity index (χ2v) is 6.50. The third-order valence-corrected chi connectivity index (χ3v) is 5.17. The highest BCUT2D eigenvalue weighted by atomic mass is 35.5. The van der Waals surface area contributed by atoms with E-state index in [-0.39, 0.29) is 11.2 Å². The third-order valence-electron chi connectivity index (χ3n) is 4.57. The molecule has 0 nitrogen and oxygen atoms in total. The van der Waals surface area contributed by atoms with Gasteiger partial charge in [0.1, 0.15) is 5.82 Å². The van der Waals surface area contributed by atoms with Gasteiger partial charge in [-0.05, 0) is 72.9 Å². The van der Waals surface area contributed by atoms with Crippen molar-refractivity contribution in [3.05, 3.63) is 70.5 Å². The average molecular weight is 303 g/mol. The highest BCUT2D eigenvalue weighted by Gasteiger charge is 2.26. The van der Waals surface area contributed by atoms with Crippen molar-refractivity contribution in [2.45, 2.75) is 38.0 Å². The van der Waals surface area contributed by atoms with Gasteiger partial charge < -0.3 is 0 Å². The topological polar surface area (TPSA) is 0 Å². The number of rotatable bonds is 2. The SMILES string of the molecule is Cc1cc(F)ccc1CC1CCCc2ccccc2C1Cl. The molecule has 3 rings (SSSR count). The summed E-state index contributed by atoms with van der Waals surface area (Å²) in [5, 5.41) is 0.0492. The maximum atomic E-state index is 13.2. The molecule has 0 N–H and O–H groups in total. The molecule has 1 aliphatic carbocycles. The largest absolute Gasteiger partial charge is 0.207 e. The van der Waals surface area contributed by atoms with E-state index in [9.17, 15) is 4.39 Å². The zero-order valence-corrected chi connectivity index (χ0v) is 13.0. The van der Waals surface area contributed by atoms with Gasteiger partial charge in [0.15, 0.2) is 0 Å². The molecule has 0 saturated heterocycles. The van der Waals surface area contributed by atoms with Crippen LogP contribution in [0.15, 0.2) is 42.5 Å². The van der Waals surface area contributed by atoms with Crippen LogP contribution in [0.2, 0.25) is 0 Å². The zero-order chi connectivity index (χ0) is 14.8. The van der Waals surface area contributed by atoms with E-state index in [1.165, 1.54) is 23.1 Å². The first-order valence-electron chi connectivity index (χ1n) is 7.62. The molecule has 0 amide bonds. The molecule has 0 fully saturated rings. The van der Waals surface area contributed by atoms with Crippen LogP contribution < -0.4 is 0 Å². The van der Waals surface area contributed by atoms with Gasteiger partial charge >= 0.3 is 0 Å². The molecule has 2 heteroatoms. The number of halogens is 2. The van der Waals surface area contributed by atoms with Crippen molar-refractivity contribution in [2.75, 3.05) is 0 Å². The molecule has 0 aromatic heterocycles. The van der Waals surface area contributed by atoms with Crippen molar-refractivity contribution in [1.82, 2.24) is 0 Å². The molecule has 0 saturated carbocycles. The van der Waals surface area contributed by atoms with E-state index >= 15 is 0 Å². The highest BCUT2D eigenvalue weighted by molar-refractivity contribution is 6.21. The van der Waals surface area contributed by atoms with Crippen LogP contribution in [0.25, 0.3) is 0 Å². The first kappa shape index (κ1) is 14.6. The Kier molecular flexibility index (Phi) is 4.30. The molecule has 2 aromatic carbocycles. The highest BCUT2D eigenvalue weighted by Crippen LogP contribution is 2.39. The van der Waals surface area contributed by atoms with Crippen molar-refractivity contribution < 1.29 is 4.39 Å². The van der Waals surface area contributed by atoms with Crippen LogP contribution in [-0.4, -0.2) is 0 Å². The first-order valence-corrected chi connectivity index (χ1v) is 8.05. The Labute approximate surface area is 131 Å². The van der Waals surface area contributed by atoms with E-state index in [1.807, 2.05) is 13.0 Å². The van der Waals surface area contributed by atoms with Crippen LogP contribution >= 0.6 is 11.6 Å². The Balaban J connectivity index is 1.86. The van der Waals surface area contributed by atoms with Crippen molar-refractivity contribution in [3.63, 3.8) is 0 Å². The lowest BCUT2D eigenvalue weighted by Crippen LogP contribution is -2.11. The minimum absolute atomic E-state index is 0.0492. The maximum Gasteiger partial charge on any atom is 0.123 e. The van der Waals surface area contributed by atoms with E-state index in [0.29, 0.717) is 5.92 Å². The third kappa shape index (κ3) is 3.13. The van der Waals surface area contributed by atoms with Crippen molar-refractivity contribution in [2.24, 2.45) is 5.92 Å². The van der Waals surface area contributed by atoms with Crippen LogP contribution in [0.4, 0.5) is 4.39 Å². The fourth-order valence-corrected chi connectivity index (χ4v) is 3.79. The maximum absolute atomic E-state index is 13.2. The minimum atomic E-state index is -0.162. The summed E-state index contributed by atoms with van der Waals surface area (Å²) in [6, 6.07) is 13.6. The van der Waals surface area contributed by atoms with Gasteiger partial charge in [-0.15, -0.1) is 11.6 Å². The monoisotopic (exact) mass is 302 g/mol. The summed E-state index contributed by atoms with van der Waals surface area (Å²) in [5.74, 6) is 0.254. The lowest BCUT2D eigenvalue weighted by Gasteiger charge is -2.22. The van der Waals surface area contributed by atoms with E-state index in [1.54, 1.807) is 12.1 Å². The van der Waals surface area contributed by atoms with Crippen LogP contribution in [0.3, 0.4) is 0 Å². The molecule has 0 radical (unpaired) electrons. The summed E-state index contributed by atoms with van der Waals surface area (Å²) in [7, 11) is 0. The van der Waals surface area contributed by atoms with Crippen molar-refractivity contribution in [3.8, 4) is 0 Å². The predicted molar refractivity (Wildman–Crippen MR) is 86.3 cm³/mol. The fourth-order valence-electron chi connectivity index (χ4n) is 3.36. The normalized spacial score (nSPS) is 21.7. The molecule has 2 unspecified atom stereocenters. The fraction of sp³-hybridized carbons (Fsp3) is 0.368. The van der Waals surface area contributed by atoms with Crippen LogP contribution in [0.5, 0.6) is 0 Å². The molecule has 21 heavy (non-hydrogen) atoms.